The number of halogens is 1. The molecule has 0 unspecified atom stereocenters. The molecule has 3 aromatic rings. The van der Waals surface area contributed by atoms with Crippen LogP contribution in [0.5, 0.6) is 11.5 Å². The Morgan fingerprint density at radius 2 is 1.69 bits per heavy atom. The molecule has 2 heterocycles. The number of methoxy groups -OCH3 is 2. The lowest BCUT2D eigenvalue weighted by molar-refractivity contribution is 0.0951. The largest absolute Gasteiger partial charge is 0.497 e. The van der Waals surface area contributed by atoms with Gasteiger partial charge in [-0.3, -0.25) is 4.79 Å². The van der Waals surface area contributed by atoms with Crippen LogP contribution in [0.2, 0.25) is 0 Å². The Balaban J connectivity index is 1.77. The highest BCUT2D eigenvalue weighted by molar-refractivity contribution is 9.10. The molecule has 0 amide bonds. The fourth-order valence-corrected chi connectivity index (χ4v) is 5.78. The molecule has 0 aromatic heterocycles. The van der Waals surface area contributed by atoms with Crippen molar-refractivity contribution < 1.29 is 14.3 Å². The van der Waals surface area contributed by atoms with E-state index in [-0.39, 0.29) is 5.78 Å². The van der Waals surface area contributed by atoms with Gasteiger partial charge in [0.25, 0.3) is 0 Å². The van der Waals surface area contributed by atoms with Gasteiger partial charge in [0.15, 0.2) is 11.2 Å². The Morgan fingerprint density at radius 1 is 0.972 bits per heavy atom. The number of ether oxygens (including phenoxy) is 2. The van der Waals surface area contributed by atoms with Crippen LogP contribution >= 0.6 is 15.9 Å². The van der Waals surface area contributed by atoms with Gasteiger partial charge in [-0.2, -0.15) is 10.5 Å². The quantitative estimate of drug-likeness (QED) is 0.383. The maximum absolute atomic E-state index is 14.3. The molecule has 3 atom stereocenters. The molecule has 7 heteroatoms. The monoisotopic (exact) mass is 539 g/mol. The molecule has 1 saturated heterocycles. The summed E-state index contributed by atoms with van der Waals surface area (Å²) >= 11 is 3.52. The predicted octanol–water partition coefficient (Wildman–Crippen LogP) is 5.75. The number of hydrogen-bond donors (Lipinski definition) is 0. The van der Waals surface area contributed by atoms with Crippen LogP contribution in [0.1, 0.15) is 27.4 Å². The fourth-order valence-electron chi connectivity index (χ4n) is 5.40. The van der Waals surface area contributed by atoms with Crippen LogP contribution in [0.3, 0.4) is 0 Å². The molecule has 0 aliphatic carbocycles. The minimum atomic E-state index is -1.51. The zero-order valence-corrected chi connectivity index (χ0v) is 21.3. The van der Waals surface area contributed by atoms with Crippen LogP contribution in [0.15, 0.2) is 77.3 Å². The molecule has 36 heavy (non-hydrogen) atoms. The van der Waals surface area contributed by atoms with E-state index in [1.54, 1.807) is 44.6 Å². The number of hydrogen-bond acceptors (Lipinski definition) is 6. The van der Waals surface area contributed by atoms with Crippen molar-refractivity contribution in [3.05, 3.63) is 94.0 Å². The van der Waals surface area contributed by atoms with Crippen molar-refractivity contribution in [1.29, 1.82) is 10.5 Å². The maximum Gasteiger partial charge on any atom is 0.185 e. The Hall–Kier alpha value is -4.07. The highest BCUT2D eigenvalue weighted by Gasteiger charge is 2.63. The van der Waals surface area contributed by atoms with Crippen LogP contribution in [0, 0.1) is 28.1 Å². The van der Waals surface area contributed by atoms with E-state index in [0.29, 0.717) is 22.6 Å². The predicted molar refractivity (Wildman–Crippen MR) is 140 cm³/mol. The van der Waals surface area contributed by atoms with Crippen molar-refractivity contribution in [3.8, 4) is 23.6 Å². The SMILES string of the molecule is COc1ccc(C(=O)[C@@H]2[C@@H](c3cccc(OC)c3)C(C#N)(C#N)[C@@H]3C=Cc4cc(Br)ccc4N23)cc1. The maximum atomic E-state index is 14.3. The third-order valence-electron chi connectivity index (χ3n) is 7.06. The average molecular weight is 540 g/mol. The van der Waals surface area contributed by atoms with Crippen molar-refractivity contribution >= 4 is 33.5 Å². The molecule has 2 aliphatic rings. The summed E-state index contributed by atoms with van der Waals surface area (Å²) in [6.45, 7) is 0. The van der Waals surface area contributed by atoms with Gasteiger partial charge in [-0.05, 0) is 65.7 Å². The topological polar surface area (TPSA) is 86.3 Å². The number of Topliss-reactive ketones (excluding diaryl/α,β-unsaturated/α-hetero) is 1. The van der Waals surface area contributed by atoms with Gasteiger partial charge >= 0.3 is 0 Å². The molecule has 0 bridgehead atoms. The molecule has 1 fully saturated rings. The summed E-state index contributed by atoms with van der Waals surface area (Å²) in [5.74, 6) is 0.325. The van der Waals surface area contributed by atoms with Crippen LogP contribution < -0.4 is 14.4 Å². The van der Waals surface area contributed by atoms with Gasteiger partial charge in [-0.15, -0.1) is 0 Å². The lowest BCUT2D eigenvalue weighted by Crippen LogP contribution is -2.44. The van der Waals surface area contributed by atoms with Gasteiger partial charge < -0.3 is 14.4 Å². The number of benzene rings is 3. The van der Waals surface area contributed by atoms with E-state index in [1.807, 2.05) is 53.5 Å². The smallest absolute Gasteiger partial charge is 0.185 e. The summed E-state index contributed by atoms with van der Waals surface area (Å²) in [6.07, 6.45) is 3.79. The second-order valence-corrected chi connectivity index (χ2v) is 9.71. The minimum absolute atomic E-state index is 0.174. The number of rotatable bonds is 5. The molecule has 178 valence electrons. The second kappa shape index (κ2) is 9.18. The van der Waals surface area contributed by atoms with Gasteiger partial charge in [-0.25, -0.2) is 0 Å². The number of carbonyl (C=O) groups excluding carboxylic acids is 1. The summed E-state index contributed by atoms with van der Waals surface area (Å²) in [7, 11) is 3.14. The highest BCUT2D eigenvalue weighted by atomic mass is 79.9. The minimum Gasteiger partial charge on any atom is -0.497 e. The summed E-state index contributed by atoms with van der Waals surface area (Å²) in [5.41, 5.74) is 1.38. The zero-order valence-electron chi connectivity index (χ0n) is 19.7. The molecule has 0 spiro atoms. The number of nitrogens with zero attached hydrogens (tertiary/aromatic N) is 3. The summed E-state index contributed by atoms with van der Waals surface area (Å²) in [5, 5.41) is 21.1. The van der Waals surface area contributed by atoms with Gasteiger partial charge in [0.05, 0.1) is 32.4 Å². The molecule has 0 saturated carbocycles. The normalized spacial score (nSPS) is 21.0. The molecule has 2 aliphatic heterocycles. The van der Waals surface area contributed by atoms with Gasteiger partial charge in [-0.1, -0.05) is 40.2 Å². The van der Waals surface area contributed by atoms with Crippen molar-refractivity contribution in [2.45, 2.75) is 18.0 Å². The molecule has 3 aromatic carbocycles. The first kappa shape index (κ1) is 23.7. The van der Waals surface area contributed by atoms with E-state index in [9.17, 15) is 15.3 Å². The van der Waals surface area contributed by atoms with Crippen LogP contribution in [0.25, 0.3) is 6.08 Å². The highest BCUT2D eigenvalue weighted by Crippen LogP contribution is 2.56. The number of nitriles is 2. The molecule has 0 N–H and O–H groups in total. The third-order valence-corrected chi connectivity index (χ3v) is 7.56. The standard InChI is InChI=1S/C29H22BrN3O3/c1-35-22-10-6-18(7-11-22)28(34)27-26(20-4-3-5-23(15-20)36-2)29(16-31,17-32)25-13-8-19-14-21(30)9-12-24(19)33(25)27/h3-15,25-27H,1-2H3/t25-,26+,27-/m0/s1. The van der Waals surface area contributed by atoms with E-state index < -0.39 is 23.4 Å². The van der Waals surface area contributed by atoms with Crippen molar-refractivity contribution in [3.63, 3.8) is 0 Å². The Kier molecular flexibility index (Phi) is 6.04. The molecular weight excluding hydrogens is 518 g/mol. The molecule has 5 rings (SSSR count). The average Bonchev–Trinajstić information content (AvgIpc) is 3.23. The van der Waals surface area contributed by atoms with E-state index in [1.165, 1.54) is 0 Å². The summed E-state index contributed by atoms with van der Waals surface area (Å²) in [6, 6.07) is 23.3. The Bertz CT molecular complexity index is 1440. The van der Waals surface area contributed by atoms with Crippen molar-refractivity contribution in [2.24, 2.45) is 5.41 Å². The number of fused-ring (bicyclic) bond motifs is 3. The second-order valence-electron chi connectivity index (χ2n) is 8.80. The third kappa shape index (κ3) is 3.56. The molecule has 0 radical (unpaired) electrons. The molecule has 6 nitrogen and oxygen atoms in total. The van der Waals surface area contributed by atoms with Gasteiger partial charge in [0.2, 0.25) is 0 Å². The number of carbonyl (C=O) groups is 1. The Morgan fingerprint density at radius 3 is 2.36 bits per heavy atom. The summed E-state index contributed by atoms with van der Waals surface area (Å²) < 4.78 is 11.6. The number of anilines is 1. The van der Waals surface area contributed by atoms with Crippen LogP contribution in [-0.4, -0.2) is 32.1 Å². The number of ketones is 1. The van der Waals surface area contributed by atoms with Gasteiger partial charge in [0.1, 0.15) is 17.5 Å². The first-order valence-corrected chi connectivity index (χ1v) is 12.2. The summed E-state index contributed by atoms with van der Waals surface area (Å²) in [4.78, 5) is 16.2. The van der Waals surface area contributed by atoms with Gasteiger partial charge in [0, 0.05) is 21.6 Å². The van der Waals surface area contributed by atoms with E-state index in [4.69, 9.17) is 9.47 Å². The van der Waals surface area contributed by atoms with E-state index >= 15 is 0 Å². The molecular formula is C29H22BrN3O3. The zero-order chi connectivity index (χ0) is 25.4. The van der Waals surface area contributed by atoms with E-state index in [2.05, 4.69) is 28.1 Å². The van der Waals surface area contributed by atoms with Crippen LogP contribution in [-0.2, 0) is 0 Å². The Labute approximate surface area is 218 Å². The first-order valence-electron chi connectivity index (χ1n) is 11.4. The fraction of sp³-hybridized carbons (Fsp3) is 0.207. The lowest BCUT2D eigenvalue weighted by Gasteiger charge is -2.35. The first-order chi connectivity index (χ1) is 17.5. The van der Waals surface area contributed by atoms with E-state index in [0.717, 1.165) is 15.7 Å². The lowest BCUT2D eigenvalue weighted by atomic mass is 9.69. The van der Waals surface area contributed by atoms with Crippen molar-refractivity contribution in [2.75, 3.05) is 19.1 Å². The van der Waals surface area contributed by atoms with Crippen LogP contribution in [0.4, 0.5) is 5.69 Å². The van der Waals surface area contributed by atoms with Crippen molar-refractivity contribution in [1.82, 2.24) is 0 Å².